The van der Waals surface area contributed by atoms with Crippen LogP contribution in [0, 0.1) is 0 Å². The summed E-state index contributed by atoms with van der Waals surface area (Å²) >= 11 is 0. The molecule has 22 heavy (non-hydrogen) atoms. The van der Waals surface area contributed by atoms with E-state index in [1.807, 2.05) is 18.2 Å². The Balaban J connectivity index is 1.85. The van der Waals surface area contributed by atoms with E-state index in [4.69, 9.17) is 4.74 Å². The average Bonchev–Trinajstić information content (AvgIpc) is 2.53. The SMILES string of the molecule is CC(Oc1cccc(C(C)C)c1)C(=O)NCC1=CCNCC1. The molecule has 1 atom stereocenters. The molecule has 1 aromatic carbocycles. The van der Waals surface area contributed by atoms with E-state index in [1.54, 1.807) is 6.92 Å². The molecule has 120 valence electrons. The first-order chi connectivity index (χ1) is 10.6. The van der Waals surface area contributed by atoms with Gasteiger partial charge in [-0.25, -0.2) is 0 Å². The monoisotopic (exact) mass is 302 g/mol. The van der Waals surface area contributed by atoms with Crippen LogP contribution in [0.15, 0.2) is 35.9 Å². The summed E-state index contributed by atoms with van der Waals surface area (Å²) in [6.07, 6.45) is 2.64. The third-order valence-electron chi connectivity index (χ3n) is 3.85. The predicted octanol–water partition coefficient (Wildman–Crippen LogP) is 2.61. The molecule has 0 radical (unpaired) electrons. The molecule has 1 aromatic rings. The molecular formula is C18H26N2O2. The molecular weight excluding hydrogens is 276 g/mol. The molecule has 4 heteroatoms. The van der Waals surface area contributed by atoms with Crippen LogP contribution in [0.3, 0.4) is 0 Å². The van der Waals surface area contributed by atoms with Gasteiger partial charge in [0.05, 0.1) is 0 Å². The Morgan fingerprint density at radius 2 is 2.18 bits per heavy atom. The number of benzene rings is 1. The predicted molar refractivity (Wildman–Crippen MR) is 89.2 cm³/mol. The van der Waals surface area contributed by atoms with Crippen molar-refractivity contribution >= 4 is 5.91 Å². The molecule has 0 saturated heterocycles. The largest absolute Gasteiger partial charge is 0.481 e. The molecule has 4 nitrogen and oxygen atoms in total. The highest BCUT2D eigenvalue weighted by Crippen LogP contribution is 2.21. The summed E-state index contributed by atoms with van der Waals surface area (Å²) in [5.41, 5.74) is 2.49. The number of carbonyl (C=O) groups excluding carboxylic acids is 1. The van der Waals surface area contributed by atoms with Crippen LogP contribution in [0.5, 0.6) is 5.75 Å². The van der Waals surface area contributed by atoms with E-state index in [-0.39, 0.29) is 5.91 Å². The third kappa shape index (κ3) is 4.88. The number of hydrogen-bond donors (Lipinski definition) is 2. The first-order valence-corrected chi connectivity index (χ1v) is 7.99. The molecule has 1 aliphatic heterocycles. The van der Waals surface area contributed by atoms with Gasteiger partial charge in [-0.3, -0.25) is 4.79 Å². The number of ether oxygens (including phenoxy) is 1. The first kappa shape index (κ1) is 16.6. The summed E-state index contributed by atoms with van der Waals surface area (Å²) in [7, 11) is 0. The fourth-order valence-corrected chi connectivity index (χ4v) is 2.38. The van der Waals surface area contributed by atoms with Crippen LogP contribution >= 0.6 is 0 Å². The lowest BCUT2D eigenvalue weighted by atomic mass is 10.0. The molecule has 1 aliphatic rings. The van der Waals surface area contributed by atoms with Crippen molar-refractivity contribution in [2.45, 2.75) is 39.2 Å². The average molecular weight is 302 g/mol. The van der Waals surface area contributed by atoms with Crippen LogP contribution in [-0.2, 0) is 4.79 Å². The van der Waals surface area contributed by atoms with Gasteiger partial charge < -0.3 is 15.4 Å². The van der Waals surface area contributed by atoms with Crippen LogP contribution in [0.1, 0.15) is 38.7 Å². The fraction of sp³-hybridized carbons (Fsp3) is 0.500. The van der Waals surface area contributed by atoms with Gasteiger partial charge in [-0.05, 0) is 43.5 Å². The zero-order chi connectivity index (χ0) is 15.9. The molecule has 0 bridgehead atoms. The molecule has 1 heterocycles. The maximum Gasteiger partial charge on any atom is 0.261 e. The molecule has 0 saturated carbocycles. The zero-order valence-corrected chi connectivity index (χ0v) is 13.7. The second-order valence-corrected chi connectivity index (χ2v) is 6.02. The lowest BCUT2D eigenvalue weighted by Gasteiger charge is -2.18. The molecule has 2 rings (SSSR count). The second kappa shape index (κ2) is 7.99. The lowest BCUT2D eigenvalue weighted by Crippen LogP contribution is -2.38. The quantitative estimate of drug-likeness (QED) is 0.794. The van der Waals surface area contributed by atoms with Crippen molar-refractivity contribution in [1.82, 2.24) is 10.6 Å². The molecule has 0 aliphatic carbocycles. The van der Waals surface area contributed by atoms with Crippen molar-refractivity contribution in [3.8, 4) is 5.75 Å². The maximum absolute atomic E-state index is 12.1. The van der Waals surface area contributed by atoms with E-state index in [0.717, 1.165) is 25.3 Å². The van der Waals surface area contributed by atoms with Crippen molar-refractivity contribution in [1.29, 1.82) is 0 Å². The van der Waals surface area contributed by atoms with E-state index in [1.165, 1.54) is 11.1 Å². The Morgan fingerprint density at radius 1 is 1.36 bits per heavy atom. The van der Waals surface area contributed by atoms with Crippen LogP contribution in [-0.4, -0.2) is 31.6 Å². The highest BCUT2D eigenvalue weighted by molar-refractivity contribution is 5.80. The molecule has 0 fully saturated rings. The van der Waals surface area contributed by atoms with Crippen molar-refractivity contribution in [3.63, 3.8) is 0 Å². The van der Waals surface area contributed by atoms with E-state index < -0.39 is 6.10 Å². The van der Waals surface area contributed by atoms with Crippen molar-refractivity contribution in [2.75, 3.05) is 19.6 Å². The molecule has 0 aromatic heterocycles. The summed E-state index contributed by atoms with van der Waals surface area (Å²) in [6, 6.07) is 7.94. The summed E-state index contributed by atoms with van der Waals surface area (Å²) in [6.45, 7) is 8.55. The topological polar surface area (TPSA) is 50.4 Å². The summed E-state index contributed by atoms with van der Waals surface area (Å²) < 4.78 is 5.76. The normalized spacial score (nSPS) is 16.1. The van der Waals surface area contributed by atoms with Gasteiger partial charge in [-0.1, -0.05) is 37.6 Å². The van der Waals surface area contributed by atoms with Gasteiger partial charge in [0.1, 0.15) is 5.75 Å². The molecule has 1 unspecified atom stereocenters. The van der Waals surface area contributed by atoms with Gasteiger partial charge in [-0.15, -0.1) is 0 Å². The lowest BCUT2D eigenvalue weighted by molar-refractivity contribution is -0.127. The Hall–Kier alpha value is -1.81. The highest BCUT2D eigenvalue weighted by Gasteiger charge is 2.15. The van der Waals surface area contributed by atoms with Crippen LogP contribution in [0.25, 0.3) is 0 Å². The Kier molecular flexibility index (Phi) is 6.01. The minimum atomic E-state index is -0.496. The summed E-state index contributed by atoms with van der Waals surface area (Å²) in [5.74, 6) is 1.11. The number of rotatable bonds is 6. The third-order valence-corrected chi connectivity index (χ3v) is 3.85. The van der Waals surface area contributed by atoms with Crippen molar-refractivity contribution < 1.29 is 9.53 Å². The van der Waals surface area contributed by atoms with Crippen LogP contribution < -0.4 is 15.4 Å². The van der Waals surface area contributed by atoms with Crippen LogP contribution in [0.4, 0.5) is 0 Å². The molecule has 1 amide bonds. The smallest absolute Gasteiger partial charge is 0.261 e. The number of amides is 1. The first-order valence-electron chi connectivity index (χ1n) is 7.99. The fourth-order valence-electron chi connectivity index (χ4n) is 2.38. The van der Waals surface area contributed by atoms with E-state index in [2.05, 4.69) is 36.6 Å². The minimum Gasteiger partial charge on any atom is -0.481 e. The number of carbonyl (C=O) groups is 1. The zero-order valence-electron chi connectivity index (χ0n) is 13.7. The molecule has 2 N–H and O–H groups in total. The Labute approximate surface area is 132 Å². The van der Waals surface area contributed by atoms with Gasteiger partial charge in [0.15, 0.2) is 6.10 Å². The number of hydrogen-bond acceptors (Lipinski definition) is 3. The van der Waals surface area contributed by atoms with Gasteiger partial charge in [0.25, 0.3) is 5.91 Å². The Morgan fingerprint density at radius 3 is 2.86 bits per heavy atom. The second-order valence-electron chi connectivity index (χ2n) is 6.02. The van der Waals surface area contributed by atoms with Gasteiger partial charge in [0.2, 0.25) is 0 Å². The Bertz CT molecular complexity index is 538. The van der Waals surface area contributed by atoms with E-state index in [0.29, 0.717) is 12.5 Å². The van der Waals surface area contributed by atoms with Gasteiger partial charge >= 0.3 is 0 Å². The van der Waals surface area contributed by atoms with E-state index in [9.17, 15) is 4.79 Å². The summed E-state index contributed by atoms with van der Waals surface area (Å²) in [5, 5.41) is 6.21. The maximum atomic E-state index is 12.1. The van der Waals surface area contributed by atoms with Crippen LogP contribution in [0.2, 0.25) is 0 Å². The van der Waals surface area contributed by atoms with E-state index >= 15 is 0 Å². The molecule has 0 spiro atoms. The minimum absolute atomic E-state index is 0.0746. The van der Waals surface area contributed by atoms with Gasteiger partial charge in [0, 0.05) is 13.1 Å². The van der Waals surface area contributed by atoms with Crippen molar-refractivity contribution in [2.24, 2.45) is 0 Å². The van der Waals surface area contributed by atoms with Gasteiger partial charge in [-0.2, -0.15) is 0 Å². The standard InChI is InChI=1S/C18H26N2O2/c1-13(2)16-5-4-6-17(11-16)22-14(3)18(21)20-12-15-7-9-19-10-8-15/h4-7,11,13-14,19H,8-10,12H2,1-3H3,(H,20,21). The van der Waals surface area contributed by atoms with Crippen molar-refractivity contribution in [3.05, 3.63) is 41.5 Å². The number of nitrogens with one attached hydrogen (secondary N) is 2. The highest BCUT2D eigenvalue weighted by atomic mass is 16.5. The summed E-state index contributed by atoms with van der Waals surface area (Å²) in [4.78, 5) is 12.1.